The van der Waals surface area contributed by atoms with E-state index in [9.17, 15) is 8.42 Å². The molecule has 0 amide bonds. The van der Waals surface area contributed by atoms with Crippen molar-refractivity contribution in [3.05, 3.63) is 100 Å². The van der Waals surface area contributed by atoms with Crippen LogP contribution in [0.25, 0.3) is 0 Å². The average Bonchev–Trinajstić information content (AvgIpc) is 3.22. The lowest BCUT2D eigenvalue weighted by atomic mass is 9.77. The van der Waals surface area contributed by atoms with E-state index in [0.717, 1.165) is 17.7 Å². The third-order valence-corrected chi connectivity index (χ3v) is 7.73. The number of nitrogens with one attached hydrogen (secondary N) is 2. The Morgan fingerprint density at radius 3 is 2.42 bits per heavy atom. The molecule has 31 heavy (non-hydrogen) atoms. The van der Waals surface area contributed by atoms with Gasteiger partial charge in [0.05, 0.1) is 16.6 Å². The number of fused-ring (bicyclic) bond motifs is 3. The van der Waals surface area contributed by atoms with Crippen molar-refractivity contribution < 1.29 is 8.42 Å². The van der Waals surface area contributed by atoms with Crippen LogP contribution >= 0.6 is 23.2 Å². The molecule has 4 nitrogen and oxygen atoms in total. The summed E-state index contributed by atoms with van der Waals surface area (Å²) in [6.45, 7) is 0. The Hall–Kier alpha value is -2.47. The molecule has 0 saturated carbocycles. The van der Waals surface area contributed by atoms with Crippen LogP contribution in [-0.2, 0) is 10.0 Å². The Kier molecular flexibility index (Phi) is 5.21. The number of sulfonamides is 1. The van der Waals surface area contributed by atoms with Gasteiger partial charge in [-0.3, -0.25) is 4.72 Å². The fourth-order valence-corrected chi connectivity index (χ4v) is 6.16. The monoisotopic (exact) mass is 470 g/mol. The molecule has 3 aromatic carbocycles. The van der Waals surface area contributed by atoms with Crippen LogP contribution in [0.4, 0.5) is 11.4 Å². The largest absolute Gasteiger partial charge is 0.378 e. The van der Waals surface area contributed by atoms with Gasteiger partial charge < -0.3 is 5.32 Å². The van der Waals surface area contributed by atoms with Gasteiger partial charge in [-0.2, -0.15) is 0 Å². The normalized spacial score (nSPS) is 21.8. The summed E-state index contributed by atoms with van der Waals surface area (Å²) in [5, 5.41) is 4.37. The highest BCUT2D eigenvalue weighted by Crippen LogP contribution is 2.50. The first-order valence-corrected chi connectivity index (χ1v) is 12.3. The van der Waals surface area contributed by atoms with Gasteiger partial charge in [-0.15, -0.1) is 0 Å². The van der Waals surface area contributed by atoms with E-state index in [4.69, 9.17) is 23.2 Å². The molecule has 158 valence electrons. The maximum absolute atomic E-state index is 13.1. The van der Waals surface area contributed by atoms with Crippen LogP contribution < -0.4 is 10.0 Å². The smallest absolute Gasteiger partial charge is 0.261 e. The maximum Gasteiger partial charge on any atom is 0.261 e. The number of halogens is 2. The number of allylic oxidation sites excluding steroid dienone is 2. The summed E-state index contributed by atoms with van der Waals surface area (Å²) in [6.07, 6.45) is 5.34. The van der Waals surface area contributed by atoms with Gasteiger partial charge in [0.25, 0.3) is 10.0 Å². The summed E-state index contributed by atoms with van der Waals surface area (Å²) in [5.74, 6) is 0.504. The van der Waals surface area contributed by atoms with Crippen molar-refractivity contribution in [3.63, 3.8) is 0 Å². The second-order valence-corrected chi connectivity index (χ2v) is 10.5. The molecule has 0 unspecified atom stereocenters. The highest BCUT2D eigenvalue weighted by atomic mass is 35.5. The first-order valence-electron chi connectivity index (χ1n) is 10.0. The molecule has 0 bridgehead atoms. The molecule has 1 aliphatic heterocycles. The van der Waals surface area contributed by atoms with Gasteiger partial charge in [0.1, 0.15) is 0 Å². The van der Waals surface area contributed by atoms with Crippen molar-refractivity contribution in [1.29, 1.82) is 0 Å². The van der Waals surface area contributed by atoms with E-state index in [2.05, 4.69) is 34.3 Å². The van der Waals surface area contributed by atoms with E-state index in [1.54, 1.807) is 18.2 Å². The van der Waals surface area contributed by atoms with Gasteiger partial charge in [-0.25, -0.2) is 8.42 Å². The second kappa shape index (κ2) is 7.90. The molecule has 1 heterocycles. The molecule has 3 atom stereocenters. The number of hydrogen-bond donors (Lipinski definition) is 2. The van der Waals surface area contributed by atoms with Crippen LogP contribution in [0.5, 0.6) is 0 Å². The average molecular weight is 471 g/mol. The summed E-state index contributed by atoms with van der Waals surface area (Å²) < 4.78 is 28.7. The van der Waals surface area contributed by atoms with Crippen LogP contribution in [0.15, 0.2) is 83.8 Å². The van der Waals surface area contributed by atoms with Crippen molar-refractivity contribution in [2.45, 2.75) is 23.3 Å². The van der Waals surface area contributed by atoms with E-state index >= 15 is 0 Å². The number of anilines is 2. The first-order chi connectivity index (χ1) is 14.9. The number of benzene rings is 3. The minimum absolute atomic E-state index is 0.164. The van der Waals surface area contributed by atoms with Crippen molar-refractivity contribution in [3.8, 4) is 0 Å². The van der Waals surface area contributed by atoms with E-state index in [0.29, 0.717) is 21.7 Å². The van der Waals surface area contributed by atoms with E-state index in [1.165, 1.54) is 17.7 Å². The van der Waals surface area contributed by atoms with Crippen LogP contribution in [0.1, 0.15) is 29.5 Å². The maximum atomic E-state index is 13.1. The van der Waals surface area contributed by atoms with Gasteiger partial charge >= 0.3 is 0 Å². The standard InChI is InChI=1S/C24H20Cl2N2O2S/c25-16-11-17(26)13-18(12-16)28-31(29,30)19-9-10-23-22(14-19)20-7-4-8-21(20)24(27-23)15-5-2-1-3-6-15/h1-7,9-14,20-21,24,27-28H,8H2/t20-,21+,24+/m0/s1. The summed E-state index contributed by atoms with van der Waals surface area (Å²) in [4.78, 5) is 0.210. The molecule has 3 aromatic rings. The molecule has 5 rings (SSSR count). The summed E-state index contributed by atoms with van der Waals surface area (Å²) in [6, 6.07) is 20.4. The molecule has 0 spiro atoms. The van der Waals surface area contributed by atoms with E-state index in [-0.39, 0.29) is 16.9 Å². The van der Waals surface area contributed by atoms with Crippen LogP contribution in [-0.4, -0.2) is 8.42 Å². The third-order valence-electron chi connectivity index (χ3n) is 5.92. The predicted molar refractivity (Wildman–Crippen MR) is 127 cm³/mol. The third kappa shape index (κ3) is 3.93. The molecular weight excluding hydrogens is 451 g/mol. The zero-order valence-corrected chi connectivity index (χ0v) is 18.8. The topological polar surface area (TPSA) is 58.2 Å². The number of rotatable bonds is 4. The fraction of sp³-hybridized carbons (Fsp3) is 0.167. The minimum Gasteiger partial charge on any atom is -0.378 e. The minimum atomic E-state index is -3.79. The van der Waals surface area contributed by atoms with Crippen LogP contribution in [0.2, 0.25) is 10.0 Å². The molecule has 0 fully saturated rings. The summed E-state index contributed by atoms with van der Waals surface area (Å²) >= 11 is 12.0. The van der Waals surface area contributed by atoms with Crippen LogP contribution in [0.3, 0.4) is 0 Å². The highest BCUT2D eigenvalue weighted by molar-refractivity contribution is 7.92. The Labute approximate surface area is 192 Å². The fourth-order valence-electron chi connectivity index (χ4n) is 4.56. The van der Waals surface area contributed by atoms with E-state index < -0.39 is 10.0 Å². The lowest BCUT2D eigenvalue weighted by molar-refractivity contribution is 0.425. The van der Waals surface area contributed by atoms with Gasteiger partial charge in [-0.05, 0) is 59.9 Å². The Morgan fingerprint density at radius 2 is 1.68 bits per heavy atom. The quantitative estimate of drug-likeness (QED) is 0.421. The van der Waals surface area contributed by atoms with Crippen molar-refractivity contribution >= 4 is 44.6 Å². The molecule has 2 aliphatic rings. The molecule has 0 radical (unpaired) electrons. The lowest BCUT2D eigenvalue weighted by Crippen LogP contribution is -2.29. The zero-order valence-electron chi connectivity index (χ0n) is 16.4. The predicted octanol–water partition coefficient (Wildman–Crippen LogP) is 6.62. The summed E-state index contributed by atoms with van der Waals surface area (Å²) in [7, 11) is -3.79. The Balaban J connectivity index is 1.49. The van der Waals surface area contributed by atoms with Crippen LogP contribution in [0, 0.1) is 5.92 Å². The highest BCUT2D eigenvalue weighted by Gasteiger charge is 2.38. The second-order valence-electron chi connectivity index (χ2n) is 7.90. The molecule has 7 heteroatoms. The van der Waals surface area contributed by atoms with Crippen molar-refractivity contribution in [2.24, 2.45) is 5.92 Å². The zero-order chi connectivity index (χ0) is 21.6. The lowest BCUT2D eigenvalue weighted by Gasteiger charge is -2.37. The van der Waals surface area contributed by atoms with Gasteiger partial charge in [0, 0.05) is 21.7 Å². The van der Waals surface area contributed by atoms with Crippen molar-refractivity contribution in [1.82, 2.24) is 0 Å². The molecular formula is C24H20Cl2N2O2S. The van der Waals surface area contributed by atoms with E-state index in [1.807, 2.05) is 24.3 Å². The van der Waals surface area contributed by atoms with Gasteiger partial charge in [0.2, 0.25) is 0 Å². The van der Waals surface area contributed by atoms with Gasteiger partial charge in [-0.1, -0.05) is 65.7 Å². The molecule has 1 aliphatic carbocycles. The summed E-state index contributed by atoms with van der Waals surface area (Å²) in [5.41, 5.74) is 3.53. The number of hydrogen-bond acceptors (Lipinski definition) is 3. The van der Waals surface area contributed by atoms with Crippen molar-refractivity contribution in [2.75, 3.05) is 10.0 Å². The Bertz CT molecular complexity index is 1260. The molecule has 0 saturated heterocycles. The molecule has 2 N–H and O–H groups in total. The van der Waals surface area contributed by atoms with Gasteiger partial charge in [0.15, 0.2) is 0 Å². The Morgan fingerprint density at radius 1 is 0.935 bits per heavy atom. The molecule has 0 aromatic heterocycles. The first kappa shape index (κ1) is 20.4. The SMILES string of the molecule is O=S(=O)(Nc1cc(Cl)cc(Cl)c1)c1ccc2c(c1)[C@H]1C=CC[C@H]1[C@@H](c1ccccc1)N2.